The van der Waals surface area contributed by atoms with Crippen molar-refractivity contribution in [3.8, 4) is 11.5 Å². The Hall–Kier alpha value is -3.39. The molecule has 0 bridgehead atoms. The van der Waals surface area contributed by atoms with E-state index >= 15 is 0 Å². The molecule has 7 heteroatoms. The third kappa shape index (κ3) is 7.31. The smallest absolute Gasteiger partial charge is 0.337 e. The molecule has 7 nitrogen and oxygen atoms in total. The van der Waals surface area contributed by atoms with Crippen LogP contribution in [0.2, 0.25) is 0 Å². The van der Waals surface area contributed by atoms with Crippen molar-refractivity contribution in [3.05, 3.63) is 96.1 Å². The van der Waals surface area contributed by atoms with E-state index in [0.717, 1.165) is 30.2 Å². The van der Waals surface area contributed by atoms with E-state index < -0.39 is 12.1 Å². The lowest BCUT2D eigenvalue weighted by Gasteiger charge is -2.32. The minimum Gasteiger partial charge on any atom is -0.490 e. The van der Waals surface area contributed by atoms with E-state index in [0.29, 0.717) is 18.8 Å². The fraction of sp³-hybridized carbons (Fsp3) is 0.296. The Morgan fingerprint density at radius 1 is 0.971 bits per heavy atom. The van der Waals surface area contributed by atoms with Crippen LogP contribution in [0.15, 0.2) is 84.9 Å². The van der Waals surface area contributed by atoms with Crippen LogP contribution in [0, 0.1) is 0 Å². The first-order valence-corrected chi connectivity index (χ1v) is 11.3. The van der Waals surface area contributed by atoms with Crippen molar-refractivity contribution in [3.63, 3.8) is 0 Å². The summed E-state index contributed by atoms with van der Waals surface area (Å²) in [5.74, 6) is 0.285. The molecule has 1 aliphatic rings. The molecule has 0 aromatic heterocycles. The number of aliphatic carboxylic acids is 1. The lowest BCUT2D eigenvalue weighted by Crippen LogP contribution is -2.43. The van der Waals surface area contributed by atoms with Gasteiger partial charge in [-0.15, -0.1) is 0 Å². The van der Waals surface area contributed by atoms with Crippen LogP contribution in [0.1, 0.15) is 30.3 Å². The Kier molecular flexibility index (Phi) is 9.91. The molecule has 180 valence electrons. The number of hydrogen-bond donors (Lipinski definition) is 3. The first-order chi connectivity index (χ1) is 16.6. The number of carboxylic acid groups (broad SMARTS) is 1. The number of carboxylic acids is 1. The van der Waals surface area contributed by atoms with Crippen molar-refractivity contribution < 1.29 is 29.2 Å². The molecule has 0 aliphatic carbocycles. The van der Waals surface area contributed by atoms with Crippen LogP contribution in [0.5, 0.6) is 11.5 Å². The van der Waals surface area contributed by atoms with E-state index in [-0.39, 0.29) is 12.2 Å². The van der Waals surface area contributed by atoms with Gasteiger partial charge in [-0.2, -0.15) is 0 Å². The minimum atomic E-state index is -1.41. The Morgan fingerprint density at radius 3 is 2.12 bits per heavy atom. The van der Waals surface area contributed by atoms with Gasteiger partial charge in [-0.3, -0.25) is 0 Å². The first kappa shape index (κ1) is 25.2. The first-order valence-electron chi connectivity index (χ1n) is 11.3. The molecule has 3 unspecified atom stereocenters. The SMILES string of the molecule is CCOc1ccccc1OC(c1ccccc1)C1CNCCO1.O=C(O)C(O)c1ccccc1. The monoisotopic (exact) mass is 465 g/mol. The van der Waals surface area contributed by atoms with Crippen LogP contribution >= 0.6 is 0 Å². The van der Waals surface area contributed by atoms with E-state index in [9.17, 15) is 4.79 Å². The highest BCUT2D eigenvalue weighted by Crippen LogP contribution is 2.33. The quantitative estimate of drug-likeness (QED) is 0.463. The number of aliphatic hydroxyl groups is 1. The lowest BCUT2D eigenvalue weighted by molar-refractivity contribution is -0.146. The number of para-hydroxylation sites is 2. The maximum atomic E-state index is 10.2. The van der Waals surface area contributed by atoms with Crippen molar-refractivity contribution in [1.29, 1.82) is 0 Å². The Morgan fingerprint density at radius 2 is 1.56 bits per heavy atom. The maximum Gasteiger partial charge on any atom is 0.337 e. The third-order valence-electron chi connectivity index (χ3n) is 5.17. The van der Waals surface area contributed by atoms with Crippen LogP contribution in [0.25, 0.3) is 0 Å². The van der Waals surface area contributed by atoms with Gasteiger partial charge in [-0.1, -0.05) is 72.8 Å². The third-order valence-corrected chi connectivity index (χ3v) is 5.17. The summed E-state index contributed by atoms with van der Waals surface area (Å²) in [5, 5.41) is 20.8. The number of aliphatic hydroxyl groups excluding tert-OH is 1. The van der Waals surface area contributed by atoms with Crippen molar-refractivity contribution >= 4 is 5.97 Å². The molecule has 1 heterocycles. The number of nitrogens with one attached hydrogen (secondary N) is 1. The molecule has 34 heavy (non-hydrogen) atoms. The molecule has 0 saturated carbocycles. The second-order valence-corrected chi connectivity index (χ2v) is 7.59. The zero-order valence-electron chi connectivity index (χ0n) is 19.2. The highest BCUT2D eigenvalue weighted by molar-refractivity contribution is 5.73. The summed E-state index contributed by atoms with van der Waals surface area (Å²) in [7, 11) is 0. The average molecular weight is 466 g/mol. The predicted molar refractivity (Wildman–Crippen MR) is 129 cm³/mol. The number of ether oxygens (including phenoxy) is 3. The molecule has 0 amide bonds. The molecule has 1 aliphatic heterocycles. The number of hydrogen-bond acceptors (Lipinski definition) is 6. The van der Waals surface area contributed by atoms with Gasteiger partial charge in [-0.25, -0.2) is 4.79 Å². The van der Waals surface area contributed by atoms with Crippen LogP contribution < -0.4 is 14.8 Å². The normalized spacial score (nSPS) is 16.9. The Balaban J connectivity index is 0.000000248. The number of rotatable bonds is 8. The summed E-state index contributed by atoms with van der Waals surface area (Å²) in [6, 6.07) is 26.3. The zero-order chi connectivity index (χ0) is 24.2. The number of carbonyl (C=O) groups is 1. The largest absolute Gasteiger partial charge is 0.490 e. The van der Waals surface area contributed by atoms with Gasteiger partial charge in [0.15, 0.2) is 23.7 Å². The van der Waals surface area contributed by atoms with E-state index in [2.05, 4.69) is 17.4 Å². The summed E-state index contributed by atoms with van der Waals surface area (Å²) in [6.07, 6.45) is -1.61. The second kappa shape index (κ2) is 13.3. The summed E-state index contributed by atoms with van der Waals surface area (Å²) < 4.78 is 18.0. The molecular weight excluding hydrogens is 434 g/mol. The molecular formula is C27H31NO6. The zero-order valence-corrected chi connectivity index (χ0v) is 19.2. The molecule has 3 aromatic carbocycles. The van der Waals surface area contributed by atoms with Gasteiger partial charge in [0.1, 0.15) is 6.10 Å². The molecule has 3 N–H and O–H groups in total. The summed E-state index contributed by atoms with van der Waals surface area (Å²) in [6.45, 7) is 4.94. The minimum absolute atomic E-state index is 0.0270. The van der Waals surface area contributed by atoms with Crippen LogP contribution in [-0.2, 0) is 9.53 Å². The molecule has 1 fully saturated rings. The van der Waals surface area contributed by atoms with Crippen molar-refractivity contribution in [2.45, 2.75) is 25.2 Å². The molecule has 1 saturated heterocycles. The van der Waals surface area contributed by atoms with Gasteiger partial charge in [-0.05, 0) is 30.2 Å². The molecule has 3 aromatic rings. The molecule has 0 radical (unpaired) electrons. The highest BCUT2D eigenvalue weighted by Gasteiger charge is 2.28. The topological polar surface area (TPSA) is 97.2 Å². The predicted octanol–water partition coefficient (Wildman–Crippen LogP) is 4.00. The number of benzene rings is 3. The maximum absolute atomic E-state index is 10.2. The molecule has 4 rings (SSSR count). The highest BCUT2D eigenvalue weighted by atomic mass is 16.6. The lowest BCUT2D eigenvalue weighted by atomic mass is 10.0. The van der Waals surface area contributed by atoms with Gasteiger partial charge < -0.3 is 29.7 Å². The van der Waals surface area contributed by atoms with E-state index in [4.69, 9.17) is 24.4 Å². The summed E-state index contributed by atoms with van der Waals surface area (Å²) >= 11 is 0. The van der Waals surface area contributed by atoms with Gasteiger partial charge in [0.05, 0.1) is 13.2 Å². The van der Waals surface area contributed by atoms with Gasteiger partial charge in [0, 0.05) is 13.1 Å². The second-order valence-electron chi connectivity index (χ2n) is 7.59. The average Bonchev–Trinajstić information content (AvgIpc) is 2.90. The molecule has 3 atom stereocenters. The molecule has 0 spiro atoms. The number of morpholine rings is 1. The van der Waals surface area contributed by atoms with Gasteiger partial charge in [0.2, 0.25) is 0 Å². The fourth-order valence-corrected chi connectivity index (χ4v) is 3.52. The fourth-order valence-electron chi connectivity index (χ4n) is 3.52. The van der Waals surface area contributed by atoms with Crippen molar-refractivity contribution in [2.75, 3.05) is 26.3 Å². The van der Waals surface area contributed by atoms with E-state index in [1.54, 1.807) is 30.3 Å². The Bertz CT molecular complexity index is 992. The summed E-state index contributed by atoms with van der Waals surface area (Å²) in [4.78, 5) is 10.2. The van der Waals surface area contributed by atoms with Crippen LogP contribution in [0.4, 0.5) is 0 Å². The van der Waals surface area contributed by atoms with E-state index in [1.165, 1.54) is 0 Å². The van der Waals surface area contributed by atoms with Crippen LogP contribution in [0.3, 0.4) is 0 Å². The van der Waals surface area contributed by atoms with Crippen molar-refractivity contribution in [2.24, 2.45) is 0 Å². The standard InChI is InChI=1S/C19H23NO3.C8H8O3/c1-2-21-16-10-6-7-11-17(16)23-19(15-8-4-3-5-9-15)18-14-20-12-13-22-18;9-7(8(10)11)6-4-2-1-3-5-6/h3-11,18-20H,2,12-14H2,1H3;1-5,7,9H,(H,10,11). The van der Waals surface area contributed by atoms with Crippen molar-refractivity contribution in [1.82, 2.24) is 5.32 Å². The van der Waals surface area contributed by atoms with E-state index in [1.807, 2.05) is 49.4 Å². The van der Waals surface area contributed by atoms with Gasteiger partial charge in [0.25, 0.3) is 0 Å². The Labute approximate surface area is 199 Å². The van der Waals surface area contributed by atoms with Crippen LogP contribution in [-0.4, -0.2) is 48.6 Å². The van der Waals surface area contributed by atoms with Gasteiger partial charge >= 0.3 is 5.97 Å². The summed E-state index contributed by atoms with van der Waals surface area (Å²) in [5.41, 5.74) is 1.51.